The van der Waals surface area contributed by atoms with Gasteiger partial charge in [-0.1, -0.05) is 29.8 Å². The number of aryl methyl sites for hydroxylation is 1. The average Bonchev–Trinajstić information content (AvgIpc) is 3.43. The number of fused-ring (bicyclic) bond motifs is 1. The van der Waals surface area contributed by atoms with Crippen LogP contribution in [-0.2, 0) is 9.53 Å². The molecule has 0 bridgehead atoms. The van der Waals surface area contributed by atoms with Gasteiger partial charge < -0.3 is 23.9 Å². The van der Waals surface area contributed by atoms with Crippen LogP contribution in [0.25, 0.3) is 11.0 Å². The van der Waals surface area contributed by atoms with Gasteiger partial charge >= 0.3 is 0 Å². The van der Waals surface area contributed by atoms with Crippen molar-refractivity contribution < 1.29 is 28.6 Å². The summed E-state index contributed by atoms with van der Waals surface area (Å²) >= 11 is 0. The van der Waals surface area contributed by atoms with Crippen molar-refractivity contribution in [2.45, 2.75) is 19.4 Å². The van der Waals surface area contributed by atoms with E-state index in [0.717, 1.165) is 30.6 Å². The van der Waals surface area contributed by atoms with Crippen LogP contribution < -0.4 is 4.74 Å². The van der Waals surface area contributed by atoms with Crippen molar-refractivity contribution in [2.75, 3.05) is 46.5 Å². The zero-order valence-corrected chi connectivity index (χ0v) is 20.5. The number of aliphatic hydroxyl groups is 1. The largest absolute Gasteiger partial charge is 0.503 e. The van der Waals surface area contributed by atoms with Crippen molar-refractivity contribution in [1.82, 2.24) is 9.80 Å². The Labute approximate surface area is 209 Å². The molecule has 2 aromatic carbocycles. The van der Waals surface area contributed by atoms with E-state index in [9.17, 15) is 14.7 Å². The van der Waals surface area contributed by atoms with Crippen molar-refractivity contribution in [3.8, 4) is 5.75 Å². The molecule has 2 aliphatic rings. The number of nitrogens with zero attached hydrogens (tertiary/aromatic N) is 2. The van der Waals surface area contributed by atoms with Crippen LogP contribution in [-0.4, -0.2) is 73.1 Å². The summed E-state index contributed by atoms with van der Waals surface area (Å²) in [6.07, 6.45) is 0.691. The van der Waals surface area contributed by atoms with E-state index < -0.39 is 23.5 Å². The molecule has 1 aromatic heterocycles. The van der Waals surface area contributed by atoms with Crippen molar-refractivity contribution in [3.05, 3.63) is 76.8 Å². The van der Waals surface area contributed by atoms with Gasteiger partial charge in [0.25, 0.3) is 5.91 Å². The van der Waals surface area contributed by atoms with Gasteiger partial charge in [-0.15, -0.1) is 0 Å². The molecule has 3 heterocycles. The van der Waals surface area contributed by atoms with E-state index in [1.54, 1.807) is 24.1 Å². The molecular weight excluding hydrogens is 460 g/mol. The maximum absolute atomic E-state index is 13.8. The Bertz CT molecular complexity index is 1320. The zero-order chi connectivity index (χ0) is 25.2. The van der Waals surface area contributed by atoms with Crippen LogP contribution in [0, 0.1) is 6.92 Å². The fourth-order valence-corrected chi connectivity index (χ4v) is 5.03. The predicted octanol–water partition coefficient (Wildman–Crippen LogP) is 4.05. The van der Waals surface area contributed by atoms with Crippen molar-refractivity contribution >= 4 is 22.7 Å². The summed E-state index contributed by atoms with van der Waals surface area (Å²) in [4.78, 5) is 30.9. The van der Waals surface area contributed by atoms with Crippen LogP contribution >= 0.6 is 0 Å². The maximum Gasteiger partial charge on any atom is 0.290 e. The summed E-state index contributed by atoms with van der Waals surface area (Å²) in [7, 11) is 1.55. The van der Waals surface area contributed by atoms with Crippen molar-refractivity contribution in [1.29, 1.82) is 0 Å². The number of hydrogen-bond donors (Lipinski definition) is 1. The molecule has 0 radical (unpaired) electrons. The number of carbonyl (C=O) groups excluding carboxylic acids is 2. The fourth-order valence-electron chi connectivity index (χ4n) is 5.03. The number of hydrogen-bond acceptors (Lipinski definition) is 7. The van der Waals surface area contributed by atoms with Crippen LogP contribution in [0.2, 0.25) is 0 Å². The number of rotatable bonds is 8. The number of ketones is 1. The monoisotopic (exact) mass is 490 g/mol. The summed E-state index contributed by atoms with van der Waals surface area (Å²) in [5.74, 6) is -1.00. The van der Waals surface area contributed by atoms with E-state index in [1.807, 2.05) is 43.3 Å². The Hall–Kier alpha value is -3.62. The molecule has 8 heteroatoms. The smallest absolute Gasteiger partial charge is 0.290 e. The SMILES string of the molecule is COc1ccccc1C1C(C(=O)c2cc3cc(C)ccc3o2)=C(O)C(=O)N1CCCN1CCOCC1. The first-order valence-corrected chi connectivity index (χ1v) is 12.2. The van der Waals surface area contributed by atoms with E-state index in [-0.39, 0.29) is 11.3 Å². The Morgan fingerprint density at radius 1 is 1.11 bits per heavy atom. The number of benzene rings is 2. The summed E-state index contributed by atoms with van der Waals surface area (Å²) in [5.41, 5.74) is 2.26. The van der Waals surface area contributed by atoms with E-state index in [4.69, 9.17) is 13.9 Å². The van der Waals surface area contributed by atoms with E-state index in [2.05, 4.69) is 4.90 Å². The lowest BCUT2D eigenvalue weighted by Crippen LogP contribution is -2.39. The molecule has 3 aromatic rings. The predicted molar refractivity (Wildman–Crippen MR) is 134 cm³/mol. The molecule has 0 aliphatic carbocycles. The molecule has 1 unspecified atom stereocenters. The normalized spacial score (nSPS) is 18.9. The molecule has 2 aliphatic heterocycles. The molecule has 1 N–H and O–H groups in total. The van der Waals surface area contributed by atoms with Gasteiger partial charge in [-0.25, -0.2) is 0 Å². The van der Waals surface area contributed by atoms with Crippen molar-refractivity contribution in [2.24, 2.45) is 0 Å². The van der Waals surface area contributed by atoms with Crippen LogP contribution in [0.4, 0.5) is 0 Å². The highest BCUT2D eigenvalue weighted by Crippen LogP contribution is 2.42. The zero-order valence-electron chi connectivity index (χ0n) is 20.5. The maximum atomic E-state index is 13.8. The van der Waals surface area contributed by atoms with Gasteiger partial charge in [-0.3, -0.25) is 14.5 Å². The second-order valence-electron chi connectivity index (χ2n) is 9.19. The molecule has 1 saturated heterocycles. The molecule has 36 heavy (non-hydrogen) atoms. The highest BCUT2D eigenvalue weighted by Gasteiger charge is 2.45. The Morgan fingerprint density at radius 2 is 1.89 bits per heavy atom. The minimum atomic E-state index is -0.791. The van der Waals surface area contributed by atoms with E-state index in [1.165, 1.54) is 0 Å². The molecule has 8 nitrogen and oxygen atoms in total. The summed E-state index contributed by atoms with van der Waals surface area (Å²) in [5, 5.41) is 11.8. The number of carbonyl (C=O) groups is 2. The third kappa shape index (κ3) is 4.50. The summed E-state index contributed by atoms with van der Waals surface area (Å²) < 4.78 is 16.8. The van der Waals surface area contributed by atoms with Gasteiger partial charge in [0.2, 0.25) is 5.78 Å². The highest BCUT2D eigenvalue weighted by molar-refractivity contribution is 6.16. The van der Waals surface area contributed by atoms with Gasteiger partial charge in [0.05, 0.1) is 31.9 Å². The number of furan rings is 1. The number of amides is 1. The van der Waals surface area contributed by atoms with Gasteiger partial charge in [-0.05, 0) is 37.6 Å². The van der Waals surface area contributed by atoms with Crippen molar-refractivity contribution in [3.63, 3.8) is 0 Å². The third-order valence-electron chi connectivity index (χ3n) is 6.85. The Kier molecular flexibility index (Phi) is 6.80. The fraction of sp³-hybridized carbons (Fsp3) is 0.357. The lowest BCUT2D eigenvalue weighted by atomic mass is 9.94. The summed E-state index contributed by atoms with van der Waals surface area (Å²) in [6, 6.07) is 13.8. The van der Waals surface area contributed by atoms with E-state index in [0.29, 0.717) is 43.1 Å². The Balaban J connectivity index is 1.49. The molecule has 188 valence electrons. The first-order chi connectivity index (χ1) is 17.5. The number of methoxy groups -OCH3 is 1. The highest BCUT2D eigenvalue weighted by atomic mass is 16.5. The lowest BCUT2D eigenvalue weighted by Gasteiger charge is -2.30. The molecular formula is C28H30N2O6. The molecule has 1 atom stereocenters. The standard InChI is InChI=1S/C28H30N2O6/c1-18-8-9-21-19(16-18)17-23(36-21)26(31)24-25(20-6-3-4-7-22(20)34-2)30(28(33)27(24)32)11-5-10-29-12-14-35-15-13-29/h3-4,6-9,16-17,25,32H,5,10-15H2,1-2H3. The minimum Gasteiger partial charge on any atom is -0.503 e. The van der Waals surface area contributed by atoms with Gasteiger partial charge in [0.15, 0.2) is 11.5 Å². The van der Waals surface area contributed by atoms with E-state index >= 15 is 0 Å². The molecule has 1 amide bonds. The van der Waals surface area contributed by atoms with Gasteiger partial charge in [-0.2, -0.15) is 0 Å². The first-order valence-electron chi connectivity index (χ1n) is 12.2. The van der Waals surface area contributed by atoms with Gasteiger partial charge in [0.1, 0.15) is 11.3 Å². The Morgan fingerprint density at radius 3 is 2.67 bits per heavy atom. The van der Waals surface area contributed by atoms with Crippen LogP contribution in [0.1, 0.15) is 34.1 Å². The number of Topliss-reactive ketones (excluding diaryl/α,β-unsaturated/α-hetero) is 1. The average molecular weight is 491 g/mol. The third-order valence-corrected chi connectivity index (χ3v) is 6.85. The van der Waals surface area contributed by atoms with Crippen LogP contribution in [0.5, 0.6) is 5.75 Å². The number of para-hydroxylation sites is 1. The second-order valence-corrected chi connectivity index (χ2v) is 9.19. The number of aliphatic hydroxyl groups excluding tert-OH is 1. The molecule has 5 rings (SSSR count). The van der Waals surface area contributed by atoms with Crippen LogP contribution in [0.15, 0.2) is 64.3 Å². The lowest BCUT2D eigenvalue weighted by molar-refractivity contribution is -0.129. The molecule has 1 fully saturated rings. The molecule has 0 spiro atoms. The first kappa shape index (κ1) is 24.1. The topological polar surface area (TPSA) is 92.5 Å². The minimum absolute atomic E-state index is 0.00616. The second kappa shape index (κ2) is 10.2. The summed E-state index contributed by atoms with van der Waals surface area (Å²) in [6.45, 7) is 6.22. The number of morpholine rings is 1. The van der Waals surface area contributed by atoms with Crippen LogP contribution in [0.3, 0.4) is 0 Å². The number of ether oxygens (including phenoxy) is 2. The van der Waals surface area contributed by atoms with Gasteiger partial charge in [0, 0.05) is 37.1 Å². The quantitative estimate of drug-likeness (QED) is 0.476. The molecule has 0 saturated carbocycles.